The van der Waals surface area contributed by atoms with Crippen molar-refractivity contribution in [2.45, 2.75) is 25.4 Å². The van der Waals surface area contributed by atoms with Crippen LogP contribution in [0.1, 0.15) is 19.3 Å². The van der Waals surface area contributed by atoms with Crippen LogP contribution in [0.15, 0.2) is 29.3 Å². The lowest BCUT2D eigenvalue weighted by atomic mass is 10.3. The van der Waals surface area contributed by atoms with Gasteiger partial charge in [-0.25, -0.2) is 4.39 Å². The van der Waals surface area contributed by atoms with Gasteiger partial charge in [-0.2, -0.15) is 0 Å². The zero-order valence-corrected chi connectivity index (χ0v) is 14.8. The van der Waals surface area contributed by atoms with E-state index in [-0.39, 0.29) is 11.9 Å². The van der Waals surface area contributed by atoms with Crippen LogP contribution in [0.3, 0.4) is 0 Å². The molecule has 1 saturated heterocycles. The lowest BCUT2D eigenvalue weighted by Gasteiger charge is -2.13. The van der Waals surface area contributed by atoms with Crippen molar-refractivity contribution in [3.05, 3.63) is 30.1 Å². The molecule has 1 fully saturated rings. The molecule has 2 rings (SSSR count). The zero-order chi connectivity index (χ0) is 17.7. The first-order chi connectivity index (χ1) is 12.3. The molecule has 1 aliphatic rings. The van der Waals surface area contributed by atoms with Crippen LogP contribution in [0.5, 0.6) is 5.75 Å². The van der Waals surface area contributed by atoms with E-state index >= 15 is 0 Å². The van der Waals surface area contributed by atoms with E-state index < -0.39 is 0 Å². The summed E-state index contributed by atoms with van der Waals surface area (Å²) >= 11 is 0. The summed E-state index contributed by atoms with van der Waals surface area (Å²) in [4.78, 5) is 4.18. The van der Waals surface area contributed by atoms with Gasteiger partial charge in [-0.1, -0.05) is 0 Å². The van der Waals surface area contributed by atoms with Crippen molar-refractivity contribution < 1.29 is 18.6 Å². The second kappa shape index (κ2) is 11.7. The van der Waals surface area contributed by atoms with E-state index in [4.69, 9.17) is 14.2 Å². The molecule has 7 heteroatoms. The fourth-order valence-corrected chi connectivity index (χ4v) is 2.39. The molecule has 140 valence electrons. The smallest absolute Gasteiger partial charge is 0.190 e. The van der Waals surface area contributed by atoms with E-state index in [2.05, 4.69) is 15.6 Å². The first-order valence-corrected chi connectivity index (χ1v) is 8.80. The molecule has 0 saturated carbocycles. The zero-order valence-electron chi connectivity index (χ0n) is 14.8. The van der Waals surface area contributed by atoms with E-state index in [0.717, 1.165) is 58.1 Å². The van der Waals surface area contributed by atoms with Crippen molar-refractivity contribution in [2.24, 2.45) is 4.99 Å². The average molecular weight is 353 g/mol. The molecule has 2 N–H and O–H groups in total. The molecule has 0 spiro atoms. The number of ether oxygens (including phenoxy) is 3. The Morgan fingerprint density at radius 2 is 1.92 bits per heavy atom. The van der Waals surface area contributed by atoms with Crippen LogP contribution in [-0.2, 0) is 9.47 Å². The normalized spacial score (nSPS) is 17.5. The third-order valence-electron chi connectivity index (χ3n) is 3.77. The maximum absolute atomic E-state index is 12.8. The highest BCUT2D eigenvalue weighted by Gasteiger charge is 2.15. The molecule has 1 heterocycles. The van der Waals surface area contributed by atoms with E-state index in [1.807, 2.05) is 0 Å². The third-order valence-corrected chi connectivity index (χ3v) is 3.77. The number of hydrogen-bond acceptors (Lipinski definition) is 4. The first kappa shape index (κ1) is 19.5. The number of nitrogens with zero attached hydrogens (tertiary/aromatic N) is 1. The molecule has 1 unspecified atom stereocenters. The topological polar surface area (TPSA) is 64.1 Å². The van der Waals surface area contributed by atoms with Gasteiger partial charge >= 0.3 is 0 Å². The third kappa shape index (κ3) is 8.18. The van der Waals surface area contributed by atoms with Crippen molar-refractivity contribution >= 4 is 5.96 Å². The van der Waals surface area contributed by atoms with Crippen LogP contribution >= 0.6 is 0 Å². The minimum Gasteiger partial charge on any atom is -0.494 e. The van der Waals surface area contributed by atoms with Gasteiger partial charge < -0.3 is 24.8 Å². The minimum absolute atomic E-state index is 0.258. The maximum Gasteiger partial charge on any atom is 0.190 e. The van der Waals surface area contributed by atoms with E-state index in [1.54, 1.807) is 19.2 Å². The van der Waals surface area contributed by atoms with Gasteiger partial charge in [0.1, 0.15) is 11.6 Å². The quantitative estimate of drug-likeness (QED) is 0.382. The number of aliphatic imine (C=N–C) groups is 1. The number of nitrogens with one attached hydrogen (secondary N) is 2. The summed E-state index contributed by atoms with van der Waals surface area (Å²) in [5.74, 6) is 1.19. The van der Waals surface area contributed by atoms with Crippen LogP contribution in [0.25, 0.3) is 0 Å². The molecule has 1 aromatic rings. The second-order valence-corrected chi connectivity index (χ2v) is 5.79. The van der Waals surface area contributed by atoms with Crippen LogP contribution in [-0.4, -0.2) is 58.6 Å². The molecule has 1 atom stereocenters. The predicted molar refractivity (Wildman–Crippen MR) is 95.7 cm³/mol. The van der Waals surface area contributed by atoms with Crippen molar-refractivity contribution in [3.8, 4) is 5.75 Å². The summed E-state index contributed by atoms with van der Waals surface area (Å²) in [7, 11) is 1.75. The fourth-order valence-electron chi connectivity index (χ4n) is 2.39. The molecule has 1 aromatic carbocycles. The second-order valence-electron chi connectivity index (χ2n) is 5.79. The fraction of sp³-hybridized carbons (Fsp3) is 0.611. The summed E-state index contributed by atoms with van der Waals surface area (Å²) < 4.78 is 29.3. The summed E-state index contributed by atoms with van der Waals surface area (Å²) in [6.45, 7) is 4.37. The molecule has 0 aliphatic carbocycles. The van der Waals surface area contributed by atoms with Gasteiger partial charge in [0.15, 0.2) is 5.96 Å². The van der Waals surface area contributed by atoms with Gasteiger partial charge in [0.25, 0.3) is 0 Å². The van der Waals surface area contributed by atoms with Gasteiger partial charge in [-0.15, -0.1) is 0 Å². The molecule has 0 amide bonds. The molecule has 1 aliphatic heterocycles. The Labute approximate surface area is 148 Å². The van der Waals surface area contributed by atoms with Crippen molar-refractivity contribution in [1.82, 2.24) is 10.6 Å². The van der Waals surface area contributed by atoms with Crippen molar-refractivity contribution in [1.29, 1.82) is 0 Å². The lowest BCUT2D eigenvalue weighted by molar-refractivity contribution is 0.0420. The minimum atomic E-state index is -0.258. The number of halogens is 1. The maximum atomic E-state index is 12.8. The molecular formula is C18H28FN3O3. The molecule has 0 bridgehead atoms. The van der Waals surface area contributed by atoms with E-state index in [0.29, 0.717) is 12.4 Å². The average Bonchev–Trinajstić information content (AvgIpc) is 3.14. The first-order valence-electron chi connectivity index (χ1n) is 8.80. The number of benzene rings is 1. The summed E-state index contributed by atoms with van der Waals surface area (Å²) in [6.07, 6.45) is 3.00. The highest BCUT2D eigenvalue weighted by molar-refractivity contribution is 5.79. The molecule has 25 heavy (non-hydrogen) atoms. The summed E-state index contributed by atoms with van der Waals surface area (Å²) in [5.41, 5.74) is 0. The monoisotopic (exact) mass is 353 g/mol. The Morgan fingerprint density at radius 1 is 1.20 bits per heavy atom. The Balaban J connectivity index is 1.46. The Morgan fingerprint density at radius 3 is 2.56 bits per heavy atom. The Hall–Kier alpha value is -1.86. The van der Waals surface area contributed by atoms with Crippen molar-refractivity contribution in [3.63, 3.8) is 0 Å². The number of guanidine groups is 1. The van der Waals surface area contributed by atoms with E-state index in [1.165, 1.54) is 12.1 Å². The van der Waals surface area contributed by atoms with Crippen LogP contribution in [0.4, 0.5) is 4.39 Å². The number of hydrogen-bond donors (Lipinski definition) is 2. The Bertz CT molecular complexity index is 505. The molecule has 0 radical (unpaired) electrons. The SMILES string of the molecule is CN=C(NCCCOc1ccc(F)cc1)NCCCOC1CCOC1. The number of rotatable bonds is 10. The van der Waals surface area contributed by atoms with Crippen molar-refractivity contribution in [2.75, 3.05) is 46.6 Å². The predicted octanol–water partition coefficient (Wildman–Crippen LogP) is 1.96. The molecule has 6 nitrogen and oxygen atoms in total. The van der Waals surface area contributed by atoms with Gasteiger partial charge in [-0.3, -0.25) is 4.99 Å². The standard InChI is InChI=1S/C18H28FN3O3/c1-20-18(22-10-3-12-25-17-8-13-23-14-17)21-9-2-11-24-16-6-4-15(19)5-7-16/h4-7,17H,2-3,8-14H2,1H3,(H2,20,21,22). The van der Waals surface area contributed by atoms with Crippen LogP contribution in [0, 0.1) is 5.82 Å². The highest BCUT2D eigenvalue weighted by Crippen LogP contribution is 2.11. The van der Waals surface area contributed by atoms with E-state index in [9.17, 15) is 4.39 Å². The van der Waals surface area contributed by atoms with Gasteiger partial charge in [0, 0.05) is 33.4 Å². The van der Waals surface area contributed by atoms with Gasteiger partial charge in [0.05, 0.1) is 19.3 Å². The molecular weight excluding hydrogens is 325 g/mol. The summed E-state index contributed by atoms with van der Waals surface area (Å²) in [6, 6.07) is 6.04. The van der Waals surface area contributed by atoms with Crippen LogP contribution < -0.4 is 15.4 Å². The lowest BCUT2D eigenvalue weighted by Crippen LogP contribution is -2.38. The van der Waals surface area contributed by atoms with Gasteiger partial charge in [0.2, 0.25) is 0 Å². The van der Waals surface area contributed by atoms with Crippen LogP contribution in [0.2, 0.25) is 0 Å². The highest BCUT2D eigenvalue weighted by atomic mass is 19.1. The van der Waals surface area contributed by atoms with Gasteiger partial charge in [-0.05, 0) is 43.5 Å². The molecule has 0 aromatic heterocycles. The largest absolute Gasteiger partial charge is 0.494 e. The Kier molecular flexibility index (Phi) is 9.07. The summed E-state index contributed by atoms with van der Waals surface area (Å²) in [5, 5.41) is 6.49.